The van der Waals surface area contributed by atoms with Gasteiger partial charge in [0.05, 0.1) is 11.3 Å². The lowest BCUT2D eigenvalue weighted by Gasteiger charge is -2.06. The molecule has 0 fully saturated rings. The summed E-state index contributed by atoms with van der Waals surface area (Å²) < 4.78 is 13.1. The molecule has 0 amide bonds. The summed E-state index contributed by atoms with van der Waals surface area (Å²) in [6.07, 6.45) is 0. The summed E-state index contributed by atoms with van der Waals surface area (Å²) >= 11 is 0. The lowest BCUT2D eigenvalue weighted by Crippen LogP contribution is -2.13. The average molecular weight is 232 g/mol. The summed E-state index contributed by atoms with van der Waals surface area (Å²) in [6.45, 7) is 3.96. The van der Waals surface area contributed by atoms with Crippen LogP contribution in [0.15, 0.2) is 35.1 Å². The van der Waals surface area contributed by atoms with Crippen LogP contribution in [0.3, 0.4) is 0 Å². The van der Waals surface area contributed by atoms with Gasteiger partial charge in [-0.2, -0.15) is 5.10 Å². The number of nitrogens with one attached hydrogen (secondary N) is 1. The number of H-pyrrole nitrogens is 1. The van der Waals surface area contributed by atoms with Crippen LogP contribution in [0.5, 0.6) is 0 Å². The topological polar surface area (TPSA) is 45.8 Å². The molecule has 0 aliphatic carbocycles. The van der Waals surface area contributed by atoms with Crippen molar-refractivity contribution in [2.24, 2.45) is 0 Å². The van der Waals surface area contributed by atoms with Gasteiger partial charge in [-0.05, 0) is 29.7 Å². The molecule has 0 atom stereocenters. The first kappa shape index (κ1) is 11.5. The van der Waals surface area contributed by atoms with Crippen LogP contribution in [0.2, 0.25) is 0 Å². The molecule has 1 aromatic heterocycles. The molecule has 0 saturated carbocycles. The summed E-state index contributed by atoms with van der Waals surface area (Å²) in [5.41, 5.74) is 1.49. The zero-order valence-corrected chi connectivity index (χ0v) is 9.70. The quantitative estimate of drug-likeness (QED) is 0.865. The summed E-state index contributed by atoms with van der Waals surface area (Å²) in [5, 5.41) is 6.39. The van der Waals surface area contributed by atoms with E-state index in [1.165, 1.54) is 12.1 Å². The Labute approximate surface area is 98.3 Å². The fraction of sp³-hybridized carbons (Fsp3) is 0.231. The van der Waals surface area contributed by atoms with E-state index in [4.69, 9.17) is 0 Å². The summed E-state index contributed by atoms with van der Waals surface area (Å²) in [5.74, 6) is -0.149. The average Bonchev–Trinajstić information content (AvgIpc) is 2.29. The molecular formula is C13H13FN2O. The minimum Gasteiger partial charge on any atom is -0.267 e. The van der Waals surface area contributed by atoms with Gasteiger partial charge < -0.3 is 0 Å². The van der Waals surface area contributed by atoms with Gasteiger partial charge in [-0.25, -0.2) is 9.49 Å². The number of aromatic nitrogens is 2. The molecule has 0 aliphatic rings. The highest BCUT2D eigenvalue weighted by Gasteiger charge is 2.08. The highest BCUT2D eigenvalue weighted by atomic mass is 19.1. The molecular weight excluding hydrogens is 219 g/mol. The molecule has 0 unspecified atom stereocenters. The maximum atomic E-state index is 13.1. The van der Waals surface area contributed by atoms with Crippen molar-refractivity contribution in [2.75, 3.05) is 0 Å². The number of hydrogen-bond donors (Lipinski definition) is 1. The zero-order chi connectivity index (χ0) is 12.4. The molecule has 2 rings (SSSR count). The van der Waals surface area contributed by atoms with E-state index in [0.717, 1.165) is 5.69 Å². The normalized spacial score (nSPS) is 10.8. The molecule has 0 spiro atoms. The highest BCUT2D eigenvalue weighted by molar-refractivity contribution is 5.62. The lowest BCUT2D eigenvalue weighted by atomic mass is 10.0. The Morgan fingerprint density at radius 2 is 2.06 bits per heavy atom. The van der Waals surface area contributed by atoms with Crippen LogP contribution >= 0.6 is 0 Å². The number of hydrogen-bond acceptors (Lipinski definition) is 2. The molecule has 0 aliphatic heterocycles. The second-order valence-electron chi connectivity index (χ2n) is 4.20. The van der Waals surface area contributed by atoms with Crippen molar-refractivity contribution in [3.05, 3.63) is 52.2 Å². The molecule has 0 saturated heterocycles. The summed E-state index contributed by atoms with van der Waals surface area (Å²) in [4.78, 5) is 11.7. The van der Waals surface area contributed by atoms with Gasteiger partial charge in [0, 0.05) is 0 Å². The SMILES string of the molecule is CC(C)c1cc(-c2cccc(F)c2)c(=O)[nH]n1. The van der Waals surface area contributed by atoms with Crippen LogP contribution in [0.25, 0.3) is 11.1 Å². The van der Waals surface area contributed by atoms with Crippen LogP contribution in [-0.4, -0.2) is 10.2 Å². The fourth-order valence-corrected chi connectivity index (χ4v) is 1.59. The van der Waals surface area contributed by atoms with Crippen LogP contribution < -0.4 is 5.56 Å². The minimum absolute atomic E-state index is 0.208. The van der Waals surface area contributed by atoms with Crippen molar-refractivity contribution >= 4 is 0 Å². The van der Waals surface area contributed by atoms with Gasteiger partial charge in [0.2, 0.25) is 0 Å². The number of halogens is 1. The molecule has 1 heterocycles. The monoisotopic (exact) mass is 232 g/mol. The number of nitrogens with zero attached hydrogens (tertiary/aromatic N) is 1. The van der Waals surface area contributed by atoms with Crippen LogP contribution in [0, 0.1) is 5.82 Å². The number of aromatic amines is 1. The first-order valence-corrected chi connectivity index (χ1v) is 5.43. The standard InChI is InChI=1S/C13H13FN2O/c1-8(2)12-7-11(13(17)16-15-12)9-4-3-5-10(14)6-9/h3-8H,1-2H3,(H,16,17). The Balaban J connectivity index is 2.58. The van der Waals surface area contributed by atoms with Gasteiger partial charge in [-0.1, -0.05) is 26.0 Å². The van der Waals surface area contributed by atoms with E-state index in [9.17, 15) is 9.18 Å². The van der Waals surface area contributed by atoms with Crippen molar-refractivity contribution in [1.29, 1.82) is 0 Å². The fourth-order valence-electron chi connectivity index (χ4n) is 1.59. The first-order chi connectivity index (χ1) is 8.08. The second-order valence-corrected chi connectivity index (χ2v) is 4.20. The Hall–Kier alpha value is -1.97. The molecule has 3 nitrogen and oxygen atoms in total. The number of benzene rings is 1. The third-order valence-electron chi connectivity index (χ3n) is 2.55. The molecule has 0 bridgehead atoms. The Bertz CT molecular complexity index is 590. The molecule has 4 heteroatoms. The van der Waals surface area contributed by atoms with Crippen LogP contribution in [0.1, 0.15) is 25.5 Å². The van der Waals surface area contributed by atoms with Gasteiger partial charge in [-0.3, -0.25) is 4.79 Å². The van der Waals surface area contributed by atoms with Gasteiger partial charge in [-0.15, -0.1) is 0 Å². The smallest absolute Gasteiger partial charge is 0.267 e. The van der Waals surface area contributed by atoms with Gasteiger partial charge in [0.25, 0.3) is 5.56 Å². The van der Waals surface area contributed by atoms with E-state index < -0.39 is 0 Å². The van der Waals surface area contributed by atoms with Gasteiger partial charge in [0.1, 0.15) is 5.82 Å². The molecule has 17 heavy (non-hydrogen) atoms. The molecule has 1 N–H and O–H groups in total. The van der Waals surface area contributed by atoms with Crippen molar-refractivity contribution in [2.45, 2.75) is 19.8 Å². The van der Waals surface area contributed by atoms with Gasteiger partial charge in [0.15, 0.2) is 0 Å². The predicted molar refractivity (Wildman–Crippen MR) is 64.3 cm³/mol. The third-order valence-corrected chi connectivity index (χ3v) is 2.55. The van der Waals surface area contributed by atoms with E-state index in [1.54, 1.807) is 18.2 Å². The molecule has 0 radical (unpaired) electrons. The summed E-state index contributed by atoms with van der Waals surface area (Å²) in [6, 6.07) is 7.69. The maximum Gasteiger partial charge on any atom is 0.272 e. The Morgan fingerprint density at radius 3 is 2.71 bits per heavy atom. The van der Waals surface area contributed by atoms with Crippen molar-refractivity contribution in [1.82, 2.24) is 10.2 Å². The molecule has 1 aromatic carbocycles. The Kier molecular flexibility index (Phi) is 3.04. The molecule has 2 aromatic rings. The van der Waals surface area contributed by atoms with E-state index in [-0.39, 0.29) is 17.3 Å². The second kappa shape index (κ2) is 4.49. The highest BCUT2D eigenvalue weighted by Crippen LogP contribution is 2.19. The van der Waals surface area contributed by atoms with Crippen LogP contribution in [0.4, 0.5) is 4.39 Å². The number of rotatable bonds is 2. The Morgan fingerprint density at radius 1 is 1.29 bits per heavy atom. The zero-order valence-electron chi connectivity index (χ0n) is 9.70. The van der Waals surface area contributed by atoms with E-state index >= 15 is 0 Å². The largest absolute Gasteiger partial charge is 0.272 e. The van der Waals surface area contributed by atoms with E-state index in [2.05, 4.69) is 10.2 Å². The third kappa shape index (κ3) is 2.41. The van der Waals surface area contributed by atoms with Crippen LogP contribution in [-0.2, 0) is 0 Å². The first-order valence-electron chi connectivity index (χ1n) is 5.43. The predicted octanol–water partition coefficient (Wildman–Crippen LogP) is 2.70. The van der Waals surface area contributed by atoms with E-state index in [1.807, 2.05) is 13.8 Å². The van der Waals surface area contributed by atoms with E-state index in [0.29, 0.717) is 11.1 Å². The maximum absolute atomic E-state index is 13.1. The van der Waals surface area contributed by atoms with Crippen molar-refractivity contribution in [3.8, 4) is 11.1 Å². The minimum atomic E-state index is -0.357. The molecule has 88 valence electrons. The van der Waals surface area contributed by atoms with Crippen molar-refractivity contribution in [3.63, 3.8) is 0 Å². The van der Waals surface area contributed by atoms with Crippen molar-refractivity contribution < 1.29 is 4.39 Å². The summed E-state index contributed by atoms with van der Waals surface area (Å²) in [7, 11) is 0. The van der Waals surface area contributed by atoms with Gasteiger partial charge >= 0.3 is 0 Å². The lowest BCUT2D eigenvalue weighted by molar-refractivity contribution is 0.628.